The molecule has 0 aliphatic carbocycles. The Kier molecular flexibility index (Phi) is 5.51. The van der Waals surface area contributed by atoms with Gasteiger partial charge in [0.25, 0.3) is 0 Å². The molecule has 1 aromatic rings. The molecule has 0 saturated carbocycles. The van der Waals surface area contributed by atoms with Crippen LogP contribution in [0.25, 0.3) is 0 Å². The first-order valence-electron chi connectivity index (χ1n) is 5.66. The second kappa shape index (κ2) is 6.67. The quantitative estimate of drug-likeness (QED) is 0.578. The van der Waals surface area contributed by atoms with Gasteiger partial charge in [-0.15, -0.1) is 0 Å². The standard InChI is InChI=1S/C13H18O3S/c1-13(12(14)15,9-5-6-10-17-16)11-7-3-2-4-8-11/h2-4,7-8,16H,5-6,9-10H2,1H3,(H,14,15). The van der Waals surface area contributed by atoms with Gasteiger partial charge in [0.05, 0.1) is 5.41 Å². The lowest BCUT2D eigenvalue weighted by Crippen LogP contribution is -2.32. The number of carbonyl (C=O) groups is 1. The average Bonchev–Trinajstić information content (AvgIpc) is 2.35. The van der Waals surface area contributed by atoms with E-state index in [2.05, 4.69) is 0 Å². The molecule has 0 radical (unpaired) electrons. The minimum Gasteiger partial charge on any atom is -0.481 e. The van der Waals surface area contributed by atoms with E-state index >= 15 is 0 Å². The zero-order valence-electron chi connectivity index (χ0n) is 9.93. The van der Waals surface area contributed by atoms with Crippen LogP contribution in [0.1, 0.15) is 31.7 Å². The van der Waals surface area contributed by atoms with Gasteiger partial charge in [-0.25, -0.2) is 0 Å². The lowest BCUT2D eigenvalue weighted by molar-refractivity contribution is -0.143. The van der Waals surface area contributed by atoms with Gasteiger partial charge in [0.2, 0.25) is 0 Å². The van der Waals surface area contributed by atoms with Crippen molar-refractivity contribution in [3.05, 3.63) is 35.9 Å². The fraction of sp³-hybridized carbons (Fsp3) is 0.462. The molecule has 1 rings (SSSR count). The number of rotatable bonds is 7. The molecular formula is C13H18O3S. The Morgan fingerprint density at radius 2 is 1.94 bits per heavy atom. The summed E-state index contributed by atoms with van der Waals surface area (Å²) in [4.78, 5) is 11.4. The van der Waals surface area contributed by atoms with Gasteiger partial charge in [0.15, 0.2) is 0 Å². The molecule has 1 atom stereocenters. The molecule has 1 aromatic carbocycles. The summed E-state index contributed by atoms with van der Waals surface area (Å²) < 4.78 is 8.62. The number of benzene rings is 1. The third kappa shape index (κ3) is 3.75. The highest BCUT2D eigenvalue weighted by Crippen LogP contribution is 2.30. The number of carboxylic acid groups (broad SMARTS) is 1. The summed E-state index contributed by atoms with van der Waals surface area (Å²) in [5, 5.41) is 9.39. The fourth-order valence-electron chi connectivity index (χ4n) is 1.83. The minimum absolute atomic E-state index is 0.590. The Balaban J connectivity index is 2.73. The Morgan fingerprint density at radius 1 is 1.29 bits per heavy atom. The zero-order chi connectivity index (χ0) is 12.7. The molecule has 17 heavy (non-hydrogen) atoms. The summed E-state index contributed by atoms with van der Waals surface area (Å²) in [5.74, 6) is -0.134. The highest BCUT2D eigenvalue weighted by atomic mass is 32.2. The second-order valence-corrected chi connectivity index (χ2v) is 4.96. The van der Waals surface area contributed by atoms with Gasteiger partial charge >= 0.3 is 5.97 Å². The van der Waals surface area contributed by atoms with Gasteiger partial charge in [0, 0.05) is 5.75 Å². The highest BCUT2D eigenvalue weighted by molar-refractivity contribution is 7.93. The first kappa shape index (κ1) is 14.1. The van der Waals surface area contributed by atoms with Crippen LogP contribution in [-0.2, 0) is 10.2 Å². The van der Waals surface area contributed by atoms with Crippen LogP contribution in [0, 0.1) is 0 Å². The van der Waals surface area contributed by atoms with Crippen molar-refractivity contribution < 1.29 is 14.5 Å². The summed E-state index contributed by atoms with van der Waals surface area (Å²) in [6, 6.07) is 9.32. The maximum Gasteiger partial charge on any atom is 0.313 e. The predicted octanol–water partition coefficient (Wildman–Crippen LogP) is 3.41. The Labute approximate surface area is 106 Å². The molecular weight excluding hydrogens is 236 g/mol. The van der Waals surface area contributed by atoms with E-state index in [0.717, 1.165) is 30.4 Å². The van der Waals surface area contributed by atoms with Crippen LogP contribution in [0.3, 0.4) is 0 Å². The van der Waals surface area contributed by atoms with Gasteiger partial charge < -0.3 is 9.66 Å². The van der Waals surface area contributed by atoms with E-state index in [1.165, 1.54) is 0 Å². The predicted molar refractivity (Wildman–Crippen MR) is 70.4 cm³/mol. The van der Waals surface area contributed by atoms with Gasteiger partial charge in [0.1, 0.15) is 0 Å². The molecule has 94 valence electrons. The first-order chi connectivity index (χ1) is 8.11. The van der Waals surface area contributed by atoms with E-state index in [1.807, 2.05) is 30.3 Å². The molecule has 0 amide bonds. The summed E-state index contributed by atoms with van der Waals surface area (Å²) in [6.45, 7) is 1.76. The largest absolute Gasteiger partial charge is 0.481 e. The lowest BCUT2D eigenvalue weighted by Gasteiger charge is -2.25. The van der Waals surface area contributed by atoms with Crippen LogP contribution in [0.2, 0.25) is 0 Å². The van der Waals surface area contributed by atoms with Crippen LogP contribution in [-0.4, -0.2) is 21.4 Å². The summed E-state index contributed by atoms with van der Waals surface area (Å²) in [7, 11) is 0. The van der Waals surface area contributed by atoms with E-state index in [0.29, 0.717) is 12.2 Å². The van der Waals surface area contributed by atoms with Crippen LogP contribution in [0.15, 0.2) is 30.3 Å². The minimum atomic E-state index is -0.832. The molecule has 0 aromatic heterocycles. The highest BCUT2D eigenvalue weighted by Gasteiger charge is 2.34. The molecule has 1 unspecified atom stereocenters. The number of carboxylic acids is 1. The van der Waals surface area contributed by atoms with Crippen LogP contribution < -0.4 is 0 Å². The lowest BCUT2D eigenvalue weighted by atomic mass is 9.78. The molecule has 3 nitrogen and oxygen atoms in total. The molecule has 4 heteroatoms. The maximum atomic E-state index is 11.4. The first-order valence-corrected chi connectivity index (χ1v) is 6.61. The van der Waals surface area contributed by atoms with E-state index in [-0.39, 0.29) is 0 Å². The molecule has 0 aliphatic heterocycles. The van der Waals surface area contributed by atoms with Crippen LogP contribution in [0.5, 0.6) is 0 Å². The van der Waals surface area contributed by atoms with Gasteiger partial charge in [-0.1, -0.05) is 36.8 Å². The van der Waals surface area contributed by atoms with Gasteiger partial charge in [-0.05, 0) is 37.4 Å². The number of aliphatic carboxylic acids is 1. The normalized spacial score (nSPS) is 14.2. The zero-order valence-corrected chi connectivity index (χ0v) is 10.7. The molecule has 0 saturated heterocycles. The Hall–Kier alpha value is -1.00. The van der Waals surface area contributed by atoms with Crippen molar-refractivity contribution in [1.29, 1.82) is 0 Å². The van der Waals surface area contributed by atoms with Crippen molar-refractivity contribution in [2.24, 2.45) is 0 Å². The Bertz CT molecular complexity index is 353. The monoisotopic (exact) mass is 254 g/mol. The van der Waals surface area contributed by atoms with Gasteiger partial charge in [-0.2, -0.15) is 0 Å². The van der Waals surface area contributed by atoms with Crippen molar-refractivity contribution in [3.63, 3.8) is 0 Å². The molecule has 0 heterocycles. The third-order valence-corrected chi connectivity index (χ3v) is 3.52. The fourth-order valence-corrected chi connectivity index (χ4v) is 2.16. The number of hydrogen-bond donors (Lipinski definition) is 2. The SMILES string of the molecule is CC(CCCCSO)(C(=O)O)c1ccccc1. The van der Waals surface area contributed by atoms with E-state index in [4.69, 9.17) is 4.55 Å². The smallest absolute Gasteiger partial charge is 0.313 e. The third-order valence-electron chi connectivity index (χ3n) is 3.05. The molecule has 0 fully saturated rings. The van der Waals surface area contributed by atoms with Gasteiger partial charge in [-0.3, -0.25) is 4.79 Å². The average molecular weight is 254 g/mol. The van der Waals surface area contributed by atoms with E-state index < -0.39 is 11.4 Å². The number of unbranched alkanes of at least 4 members (excludes halogenated alkanes) is 1. The van der Waals surface area contributed by atoms with Crippen LogP contribution >= 0.6 is 12.0 Å². The maximum absolute atomic E-state index is 11.4. The van der Waals surface area contributed by atoms with Crippen molar-refractivity contribution in [2.75, 3.05) is 5.75 Å². The molecule has 0 aliphatic rings. The van der Waals surface area contributed by atoms with Crippen molar-refractivity contribution in [1.82, 2.24) is 0 Å². The second-order valence-electron chi connectivity index (χ2n) is 4.29. The molecule has 0 bridgehead atoms. The summed E-state index contributed by atoms with van der Waals surface area (Å²) in [6.07, 6.45) is 2.22. The summed E-state index contributed by atoms with van der Waals surface area (Å²) >= 11 is 0.809. The molecule has 0 spiro atoms. The van der Waals surface area contributed by atoms with Crippen molar-refractivity contribution in [3.8, 4) is 0 Å². The van der Waals surface area contributed by atoms with E-state index in [1.54, 1.807) is 6.92 Å². The molecule has 2 N–H and O–H groups in total. The summed E-state index contributed by atoms with van der Waals surface area (Å²) in [5.41, 5.74) is 0.00522. The van der Waals surface area contributed by atoms with E-state index in [9.17, 15) is 9.90 Å². The van der Waals surface area contributed by atoms with Crippen molar-refractivity contribution in [2.45, 2.75) is 31.6 Å². The topological polar surface area (TPSA) is 57.5 Å². The van der Waals surface area contributed by atoms with Crippen LogP contribution in [0.4, 0.5) is 0 Å². The Morgan fingerprint density at radius 3 is 2.47 bits per heavy atom. The van der Waals surface area contributed by atoms with Crippen molar-refractivity contribution >= 4 is 18.0 Å². The number of hydrogen-bond acceptors (Lipinski definition) is 3.